The van der Waals surface area contributed by atoms with Crippen LogP contribution >= 0.6 is 0 Å². The number of carbonyl (C=O) groups excluding carboxylic acids is 6. The molecule has 9 nitrogen and oxygen atoms in total. The van der Waals surface area contributed by atoms with Crippen LogP contribution in [-0.2, 0) is 37.8 Å². The van der Waals surface area contributed by atoms with Crippen LogP contribution in [0.4, 0.5) is 0 Å². The van der Waals surface area contributed by atoms with Gasteiger partial charge in [-0.05, 0) is 0 Å². The Kier molecular flexibility index (Phi) is 6.69. The molecule has 0 aromatic carbocycles. The Balaban J connectivity index is 4.48. The van der Waals surface area contributed by atoms with Gasteiger partial charge in [-0.2, -0.15) is 0 Å². The molecule has 0 radical (unpaired) electrons. The molecule has 0 N–H and O–H groups in total. The zero-order chi connectivity index (χ0) is 12.6. The summed E-state index contributed by atoms with van der Waals surface area (Å²) >= 11 is -4.16. The van der Waals surface area contributed by atoms with E-state index in [9.17, 15) is 28.8 Å². The molecule has 0 aromatic rings. The zero-order valence-electron chi connectivity index (χ0n) is 7.35. The topological polar surface area (TPSA) is 130 Å². The second-order valence-corrected chi connectivity index (χ2v) is 4.65. The van der Waals surface area contributed by atoms with Gasteiger partial charge in [0.25, 0.3) is 0 Å². The van der Waals surface area contributed by atoms with Gasteiger partial charge in [0, 0.05) is 0 Å². The molecule has 0 heterocycles. The molecular weight excluding hydrogens is 338 g/mol. The average molecular weight is 341 g/mol. The second-order valence-electron chi connectivity index (χ2n) is 1.81. The molecule has 0 saturated carbocycles. The van der Waals surface area contributed by atoms with E-state index < -0.39 is 39.4 Å². The molecule has 10 heteroatoms. The van der Waals surface area contributed by atoms with Crippen LogP contribution in [0.5, 0.6) is 0 Å². The third kappa shape index (κ3) is 5.86. The number of aldehydes is 3. The van der Waals surface area contributed by atoms with Crippen molar-refractivity contribution in [2.24, 2.45) is 0 Å². The molecule has 0 aliphatic heterocycles. The van der Waals surface area contributed by atoms with Crippen LogP contribution in [0.2, 0.25) is 0 Å². The molecule has 0 saturated heterocycles. The third-order valence-electron chi connectivity index (χ3n) is 0.782. The molecule has 0 aliphatic carbocycles. The van der Waals surface area contributed by atoms with Crippen molar-refractivity contribution in [3.63, 3.8) is 0 Å². The third-order valence-corrected chi connectivity index (χ3v) is 3.60. The second kappa shape index (κ2) is 7.52. The summed E-state index contributed by atoms with van der Waals surface area (Å²) in [7, 11) is 0. The van der Waals surface area contributed by atoms with E-state index in [4.69, 9.17) is 0 Å². The minimum absolute atomic E-state index is 0.263. The molecule has 0 unspecified atom stereocenters. The van der Waals surface area contributed by atoms with E-state index in [0.717, 1.165) is 0 Å². The Bertz CT molecular complexity index is 283. The van der Waals surface area contributed by atoms with Gasteiger partial charge in [0.15, 0.2) is 0 Å². The Labute approximate surface area is 96.3 Å². The zero-order valence-corrected chi connectivity index (χ0v) is 9.91. The van der Waals surface area contributed by atoms with Gasteiger partial charge < -0.3 is 0 Å². The van der Waals surface area contributed by atoms with Gasteiger partial charge in [0.05, 0.1) is 0 Å². The molecule has 0 aromatic heterocycles. The van der Waals surface area contributed by atoms with Gasteiger partial charge >= 0.3 is 96.1 Å². The molecule has 0 rings (SSSR count). The van der Waals surface area contributed by atoms with Crippen molar-refractivity contribution in [3.05, 3.63) is 0 Å². The number of hydrogen-bond acceptors (Lipinski definition) is 9. The maximum atomic E-state index is 10.5. The monoisotopic (exact) mass is 340 g/mol. The van der Waals surface area contributed by atoms with Crippen molar-refractivity contribution in [3.8, 4) is 0 Å². The molecule has 0 atom stereocenters. The minimum atomic E-state index is -4.16. The van der Waals surface area contributed by atoms with Gasteiger partial charge in [-0.25, -0.2) is 0 Å². The van der Waals surface area contributed by atoms with Crippen LogP contribution < -0.4 is 0 Å². The molecule has 86 valence electrons. The number of hydrogen-bond donors (Lipinski definition) is 0. The summed E-state index contributed by atoms with van der Waals surface area (Å²) in [4.78, 5) is 61.0. The summed E-state index contributed by atoms with van der Waals surface area (Å²) in [6, 6.07) is 0. The fourth-order valence-electron chi connectivity index (χ4n) is 0.341. The summed E-state index contributed by atoms with van der Waals surface area (Å²) in [6.07, 6.45) is -0.790. The molecule has 0 aliphatic rings. The van der Waals surface area contributed by atoms with Gasteiger partial charge in [-0.3, -0.25) is 0 Å². The Morgan fingerprint density at radius 1 is 0.688 bits per heavy atom. The molecule has 0 spiro atoms. The van der Waals surface area contributed by atoms with Crippen LogP contribution in [0.1, 0.15) is 0 Å². The van der Waals surface area contributed by atoms with E-state index in [1.54, 1.807) is 0 Å². The molecule has 0 amide bonds. The Hall–Kier alpha value is -1.76. The summed E-state index contributed by atoms with van der Waals surface area (Å²) in [6.45, 7) is 0. The van der Waals surface area contributed by atoms with E-state index in [-0.39, 0.29) is 18.9 Å². The number of carbonyl (C=O) groups is 6. The van der Waals surface area contributed by atoms with Crippen LogP contribution in [-0.4, -0.2) is 58.2 Å². The van der Waals surface area contributed by atoms with E-state index in [2.05, 4.69) is 9.05 Å². The van der Waals surface area contributed by atoms with Crippen molar-refractivity contribution < 1.29 is 37.8 Å². The average Bonchev–Trinajstić information content (AvgIpc) is 2.28. The first-order chi connectivity index (χ1) is 7.53. The number of rotatable bonds is 6. The SMILES string of the molecule is O=CC(=O)[O][Sb]([O]C(=O)C=O)[O]C(=O)C=O. The maximum absolute atomic E-state index is 10.5. The van der Waals surface area contributed by atoms with Gasteiger partial charge in [-0.15, -0.1) is 0 Å². The fourth-order valence-corrected chi connectivity index (χ4v) is 2.29. The van der Waals surface area contributed by atoms with Crippen molar-refractivity contribution in [1.29, 1.82) is 0 Å². The van der Waals surface area contributed by atoms with E-state index in [0.29, 0.717) is 0 Å². The predicted molar refractivity (Wildman–Crippen MR) is 42.2 cm³/mol. The van der Waals surface area contributed by atoms with Crippen LogP contribution in [0.25, 0.3) is 0 Å². The van der Waals surface area contributed by atoms with Crippen LogP contribution in [0, 0.1) is 0 Å². The van der Waals surface area contributed by atoms with Crippen LogP contribution in [0.3, 0.4) is 0 Å². The predicted octanol–water partition coefficient (Wildman–Crippen LogP) is -2.80. The van der Waals surface area contributed by atoms with E-state index in [1.807, 2.05) is 0 Å². The summed E-state index contributed by atoms with van der Waals surface area (Å²) in [5.74, 6) is -4.33. The van der Waals surface area contributed by atoms with Crippen molar-refractivity contribution in [1.82, 2.24) is 0 Å². The van der Waals surface area contributed by atoms with Gasteiger partial charge in [0.2, 0.25) is 0 Å². The van der Waals surface area contributed by atoms with Crippen LogP contribution in [0.15, 0.2) is 0 Å². The van der Waals surface area contributed by atoms with Crippen molar-refractivity contribution in [2.45, 2.75) is 0 Å². The van der Waals surface area contributed by atoms with Crippen molar-refractivity contribution >= 4 is 58.2 Å². The van der Waals surface area contributed by atoms with Gasteiger partial charge in [0.1, 0.15) is 0 Å². The van der Waals surface area contributed by atoms with Gasteiger partial charge in [-0.1, -0.05) is 0 Å². The van der Waals surface area contributed by atoms with E-state index in [1.165, 1.54) is 0 Å². The normalized spacial score (nSPS) is 8.81. The Morgan fingerprint density at radius 2 is 0.938 bits per heavy atom. The van der Waals surface area contributed by atoms with Crippen molar-refractivity contribution in [2.75, 3.05) is 0 Å². The fraction of sp³-hybridized carbons (Fsp3) is 0. The standard InChI is InChI=1S/3C2H2O3.Sb/c3*3-1-2(4)5;/h3*1H,(H,4,5);/q;;;+3/p-3. The summed E-state index contributed by atoms with van der Waals surface area (Å²) in [5.41, 5.74) is 0. The Morgan fingerprint density at radius 3 is 1.12 bits per heavy atom. The summed E-state index contributed by atoms with van der Waals surface area (Å²) < 4.78 is 12.4. The van der Waals surface area contributed by atoms with E-state index >= 15 is 0 Å². The molecular formula is C6H3O9Sb. The molecule has 16 heavy (non-hydrogen) atoms. The first-order valence-electron chi connectivity index (χ1n) is 3.35. The first kappa shape index (κ1) is 14.2. The molecule has 0 bridgehead atoms. The quantitative estimate of drug-likeness (QED) is 0.286. The summed E-state index contributed by atoms with van der Waals surface area (Å²) in [5, 5.41) is 0. The first-order valence-corrected chi connectivity index (χ1v) is 6.47. The molecule has 0 fully saturated rings.